The number of carbonyl (C=O) groups excluding carboxylic acids is 1. The molecule has 2 aromatic carbocycles. The topological polar surface area (TPSA) is 177 Å². The molecule has 1 fully saturated rings. The Labute approximate surface area is 254 Å². The van der Waals surface area contributed by atoms with Gasteiger partial charge in [-0.05, 0) is 18.0 Å². The number of anilines is 2. The van der Waals surface area contributed by atoms with Crippen molar-refractivity contribution in [3.8, 4) is 0 Å². The Hall–Kier alpha value is -4.92. The third-order valence-corrected chi connectivity index (χ3v) is 7.46. The van der Waals surface area contributed by atoms with E-state index in [9.17, 15) is 15.0 Å². The minimum absolute atomic E-state index is 0.00125. The van der Waals surface area contributed by atoms with Crippen LogP contribution in [0.4, 0.5) is 11.8 Å². The number of carbonyl (C=O) groups is 1. The van der Waals surface area contributed by atoms with E-state index in [0.717, 1.165) is 11.1 Å². The van der Waals surface area contributed by atoms with Crippen LogP contribution in [0.2, 0.25) is 0 Å². The van der Waals surface area contributed by atoms with E-state index in [0.29, 0.717) is 42.6 Å². The third kappa shape index (κ3) is 6.08. The van der Waals surface area contributed by atoms with Gasteiger partial charge in [0.05, 0.1) is 12.9 Å². The zero-order chi connectivity index (χ0) is 31.2. The molecule has 44 heavy (non-hydrogen) atoms. The second kappa shape index (κ2) is 13.2. The molecule has 6 rings (SSSR count). The predicted octanol–water partition coefficient (Wildman–Crippen LogP) is 1.53. The van der Waals surface area contributed by atoms with Crippen LogP contribution in [0.25, 0.3) is 11.2 Å². The SMILES string of the molecule is [2H]CCNC(=O)[C@H]1OC(n2cnc3c(NCC(c4ccccc4)c4ccccc4)nc(NCCn4cncn4)nc32)[C@H](O)[C@@H]1O. The van der Waals surface area contributed by atoms with Crippen LogP contribution in [0.1, 0.15) is 31.5 Å². The summed E-state index contributed by atoms with van der Waals surface area (Å²) >= 11 is 0. The van der Waals surface area contributed by atoms with Crippen LogP contribution >= 0.6 is 0 Å². The number of aromatic nitrogens is 7. The molecular weight excluding hydrogens is 564 g/mol. The van der Waals surface area contributed by atoms with Crippen LogP contribution in [-0.4, -0.2) is 88.3 Å². The van der Waals surface area contributed by atoms with E-state index in [1.807, 2.05) is 36.4 Å². The predicted molar refractivity (Wildman–Crippen MR) is 162 cm³/mol. The molecule has 0 radical (unpaired) electrons. The lowest BCUT2D eigenvalue weighted by molar-refractivity contribution is -0.137. The van der Waals surface area contributed by atoms with Crippen molar-refractivity contribution < 1.29 is 21.1 Å². The number of nitrogens with one attached hydrogen (secondary N) is 3. The largest absolute Gasteiger partial charge is 0.387 e. The Morgan fingerprint density at radius 2 is 1.77 bits per heavy atom. The second-order valence-electron chi connectivity index (χ2n) is 10.3. The summed E-state index contributed by atoms with van der Waals surface area (Å²) in [6, 6.07) is 20.3. The quantitative estimate of drug-likeness (QED) is 0.141. The van der Waals surface area contributed by atoms with Crippen molar-refractivity contribution in [1.82, 2.24) is 39.6 Å². The Morgan fingerprint density at radius 1 is 1.02 bits per heavy atom. The minimum atomic E-state index is -1.49. The Morgan fingerprint density at radius 3 is 2.45 bits per heavy atom. The number of likely N-dealkylation sites (N-methyl/N-ethyl adjacent to an activating group) is 1. The molecule has 3 aromatic heterocycles. The molecule has 1 amide bonds. The molecule has 14 nitrogen and oxygen atoms in total. The molecule has 5 N–H and O–H groups in total. The van der Waals surface area contributed by atoms with Gasteiger partial charge < -0.3 is 30.9 Å². The fraction of sp³-hybridized carbons (Fsp3) is 0.333. The minimum Gasteiger partial charge on any atom is -0.387 e. The molecule has 0 aliphatic carbocycles. The molecule has 0 bridgehead atoms. The lowest BCUT2D eigenvalue weighted by Crippen LogP contribution is -2.42. The number of amides is 1. The molecule has 228 valence electrons. The fourth-order valence-electron chi connectivity index (χ4n) is 5.26. The number of fused-ring (bicyclic) bond motifs is 1. The van der Waals surface area contributed by atoms with Crippen molar-refractivity contribution in [1.29, 1.82) is 0 Å². The number of aliphatic hydroxyl groups excluding tert-OH is 2. The number of aliphatic hydroxyl groups is 2. The van der Waals surface area contributed by atoms with Gasteiger partial charge in [-0.15, -0.1) is 0 Å². The van der Waals surface area contributed by atoms with Gasteiger partial charge in [0, 0.05) is 26.9 Å². The van der Waals surface area contributed by atoms with Crippen LogP contribution in [0.15, 0.2) is 79.6 Å². The summed E-state index contributed by atoms with van der Waals surface area (Å²) in [6.45, 7) is 1.52. The number of benzene rings is 2. The van der Waals surface area contributed by atoms with Crippen LogP contribution in [0.5, 0.6) is 0 Å². The average molecular weight is 600 g/mol. The lowest BCUT2D eigenvalue weighted by atomic mass is 9.91. The smallest absolute Gasteiger partial charge is 0.252 e. The first-order valence-electron chi connectivity index (χ1n) is 15.0. The van der Waals surface area contributed by atoms with Crippen LogP contribution in [0.3, 0.4) is 0 Å². The fourth-order valence-corrected chi connectivity index (χ4v) is 5.26. The normalized spacial score (nSPS) is 20.1. The Balaban J connectivity index is 1.31. The molecule has 14 heteroatoms. The average Bonchev–Trinajstić information content (AvgIpc) is 3.81. The molecule has 1 aliphatic rings. The molecule has 4 heterocycles. The third-order valence-electron chi connectivity index (χ3n) is 7.46. The van der Waals surface area contributed by atoms with Gasteiger partial charge in [-0.3, -0.25) is 14.0 Å². The van der Waals surface area contributed by atoms with Crippen molar-refractivity contribution in [2.45, 2.75) is 43.9 Å². The maximum atomic E-state index is 12.6. The molecule has 0 spiro atoms. The number of rotatable bonds is 12. The summed E-state index contributed by atoms with van der Waals surface area (Å²) in [5.41, 5.74) is 3.01. The van der Waals surface area contributed by atoms with E-state index in [4.69, 9.17) is 11.1 Å². The molecule has 0 saturated carbocycles. The van der Waals surface area contributed by atoms with E-state index in [2.05, 4.69) is 60.3 Å². The van der Waals surface area contributed by atoms with Gasteiger partial charge in [0.1, 0.15) is 24.9 Å². The summed E-state index contributed by atoms with van der Waals surface area (Å²) in [5.74, 6) is 0.139. The standard InChI is InChI=1S/C30H34N10O4/c1-2-32-28(43)25-23(41)24(42)29(44-25)40-18-35-22-26(37-30(38-27(22)40)33-13-14-39-17-31-16-36-39)34-15-21(19-9-5-3-6-10-19)20-11-7-4-8-12-20/h3-12,16-18,21,23-25,29,41-42H,2,13-15H2,1H3,(H,32,43)(H2,33,34,37,38)/t23-,24+,25-,29?/m0/s1/i1D. The van der Waals surface area contributed by atoms with Gasteiger partial charge in [-0.2, -0.15) is 15.1 Å². The van der Waals surface area contributed by atoms with Gasteiger partial charge in [0.15, 0.2) is 29.3 Å². The van der Waals surface area contributed by atoms with Gasteiger partial charge in [-0.25, -0.2) is 9.97 Å². The molecule has 4 atom stereocenters. The molecular formula is C30H34N10O4. The van der Waals surface area contributed by atoms with Crippen molar-refractivity contribution in [3.63, 3.8) is 0 Å². The molecule has 1 aliphatic heterocycles. The summed E-state index contributed by atoms with van der Waals surface area (Å²) in [5, 5.41) is 34.9. The van der Waals surface area contributed by atoms with Crippen molar-refractivity contribution in [2.75, 3.05) is 30.3 Å². The zero-order valence-corrected chi connectivity index (χ0v) is 23.8. The number of hydrogen-bond acceptors (Lipinski definition) is 11. The molecule has 5 aromatic rings. The van der Waals surface area contributed by atoms with Crippen molar-refractivity contribution in [2.24, 2.45) is 0 Å². The monoisotopic (exact) mass is 599 g/mol. The zero-order valence-electron chi connectivity index (χ0n) is 24.8. The van der Waals surface area contributed by atoms with Crippen molar-refractivity contribution in [3.05, 3.63) is 90.8 Å². The summed E-state index contributed by atoms with van der Waals surface area (Å²) in [7, 11) is 0. The molecule has 1 unspecified atom stereocenters. The van der Waals surface area contributed by atoms with Crippen LogP contribution < -0.4 is 16.0 Å². The van der Waals surface area contributed by atoms with Gasteiger partial charge in [0.2, 0.25) is 5.95 Å². The van der Waals surface area contributed by atoms with E-state index in [-0.39, 0.29) is 19.4 Å². The highest BCUT2D eigenvalue weighted by atomic mass is 16.6. The van der Waals surface area contributed by atoms with E-state index in [1.54, 1.807) is 11.0 Å². The first-order chi connectivity index (χ1) is 22.0. The number of imidazole rings is 1. The maximum absolute atomic E-state index is 12.6. The van der Waals surface area contributed by atoms with Gasteiger partial charge in [0.25, 0.3) is 5.91 Å². The van der Waals surface area contributed by atoms with Crippen molar-refractivity contribution >= 4 is 28.8 Å². The Bertz CT molecular complexity index is 1650. The van der Waals surface area contributed by atoms with E-state index >= 15 is 0 Å². The number of ether oxygens (including phenoxy) is 1. The maximum Gasteiger partial charge on any atom is 0.252 e. The number of nitrogens with zero attached hydrogens (tertiary/aromatic N) is 7. The Kier molecular flexibility index (Phi) is 8.34. The highest BCUT2D eigenvalue weighted by Gasteiger charge is 2.47. The van der Waals surface area contributed by atoms with E-state index < -0.39 is 30.4 Å². The first-order valence-corrected chi connectivity index (χ1v) is 14.3. The van der Waals surface area contributed by atoms with Crippen LogP contribution in [0, 0.1) is 0 Å². The van der Waals surface area contributed by atoms with Gasteiger partial charge >= 0.3 is 0 Å². The highest BCUT2D eigenvalue weighted by Crippen LogP contribution is 2.33. The molecule has 1 saturated heterocycles. The van der Waals surface area contributed by atoms with E-state index in [1.165, 1.54) is 17.2 Å². The first kappa shape index (κ1) is 27.9. The number of hydrogen-bond donors (Lipinski definition) is 5. The second-order valence-corrected chi connectivity index (χ2v) is 10.3. The summed E-state index contributed by atoms with van der Waals surface area (Å²) in [6.07, 6.45) is -0.890. The summed E-state index contributed by atoms with van der Waals surface area (Å²) in [4.78, 5) is 30.5. The van der Waals surface area contributed by atoms with Crippen LogP contribution in [-0.2, 0) is 16.1 Å². The lowest BCUT2D eigenvalue weighted by Gasteiger charge is -2.20. The highest BCUT2D eigenvalue weighted by molar-refractivity contribution is 5.85. The van der Waals surface area contributed by atoms with Gasteiger partial charge in [-0.1, -0.05) is 60.7 Å². The summed E-state index contributed by atoms with van der Waals surface area (Å²) < 4.78 is 16.3.